The van der Waals surface area contributed by atoms with E-state index in [4.69, 9.17) is 5.73 Å². The minimum absolute atomic E-state index is 0.0498. The zero-order valence-corrected chi connectivity index (χ0v) is 11.2. The molecule has 0 aromatic carbocycles. The van der Waals surface area contributed by atoms with Gasteiger partial charge in [-0.05, 0) is 26.2 Å². The van der Waals surface area contributed by atoms with E-state index in [-0.39, 0.29) is 11.4 Å². The van der Waals surface area contributed by atoms with Gasteiger partial charge in [0.05, 0.1) is 0 Å². The van der Waals surface area contributed by atoms with Crippen LogP contribution < -0.4 is 16.0 Å². The van der Waals surface area contributed by atoms with Crippen LogP contribution in [0.5, 0.6) is 0 Å². The molecule has 0 unspecified atom stereocenters. The molecule has 0 spiro atoms. The third kappa shape index (κ3) is 2.36. The molecular formula is C11H18N4OS. The first-order valence-electron chi connectivity index (χ1n) is 5.67. The minimum Gasteiger partial charge on any atom is -0.382 e. The summed E-state index contributed by atoms with van der Waals surface area (Å²) in [6.07, 6.45) is 3.26. The third-order valence-corrected chi connectivity index (χ3v) is 4.34. The fraction of sp³-hybridized carbons (Fsp3) is 0.636. The van der Waals surface area contributed by atoms with E-state index in [2.05, 4.69) is 17.2 Å². The van der Waals surface area contributed by atoms with Crippen LogP contribution in [0.2, 0.25) is 0 Å². The molecule has 17 heavy (non-hydrogen) atoms. The molecule has 1 aromatic heterocycles. The van der Waals surface area contributed by atoms with Crippen molar-refractivity contribution in [1.82, 2.24) is 10.3 Å². The number of hydrogen-bond donors (Lipinski definition) is 2. The van der Waals surface area contributed by atoms with Crippen molar-refractivity contribution >= 4 is 28.2 Å². The second-order valence-electron chi connectivity index (χ2n) is 4.97. The second-order valence-corrected chi connectivity index (χ2v) is 5.95. The first kappa shape index (κ1) is 12.2. The number of nitrogen functional groups attached to an aromatic ring is 1. The van der Waals surface area contributed by atoms with Gasteiger partial charge in [-0.1, -0.05) is 11.3 Å². The highest BCUT2D eigenvalue weighted by molar-refractivity contribution is 7.18. The lowest BCUT2D eigenvalue weighted by atomic mass is 9.78. The van der Waals surface area contributed by atoms with Crippen LogP contribution in [0.1, 0.15) is 35.9 Å². The number of anilines is 2. The highest BCUT2D eigenvalue weighted by Gasteiger charge is 2.34. The Morgan fingerprint density at radius 1 is 1.53 bits per heavy atom. The molecule has 0 atom stereocenters. The van der Waals surface area contributed by atoms with Gasteiger partial charge in [-0.15, -0.1) is 0 Å². The molecule has 94 valence electrons. The Kier molecular flexibility index (Phi) is 2.99. The topological polar surface area (TPSA) is 71.2 Å². The molecule has 1 aromatic rings. The van der Waals surface area contributed by atoms with Crippen LogP contribution in [0, 0.1) is 0 Å². The Labute approximate surface area is 105 Å². The van der Waals surface area contributed by atoms with Crippen LogP contribution in [0.3, 0.4) is 0 Å². The summed E-state index contributed by atoms with van der Waals surface area (Å²) in [5.74, 6) is 0.217. The van der Waals surface area contributed by atoms with Crippen molar-refractivity contribution in [3.63, 3.8) is 0 Å². The maximum absolute atomic E-state index is 12.1. The Balaban J connectivity index is 2.13. The average molecular weight is 254 g/mol. The number of nitrogens with zero attached hydrogens (tertiary/aromatic N) is 2. The summed E-state index contributed by atoms with van der Waals surface area (Å²) >= 11 is 1.33. The molecule has 5 nitrogen and oxygen atoms in total. The van der Waals surface area contributed by atoms with Gasteiger partial charge in [0, 0.05) is 19.6 Å². The Hall–Kier alpha value is -1.30. The number of aromatic nitrogens is 1. The molecule has 1 heterocycles. The maximum atomic E-state index is 12.1. The Morgan fingerprint density at radius 3 is 2.59 bits per heavy atom. The normalized spacial score (nSPS) is 17.4. The van der Waals surface area contributed by atoms with E-state index < -0.39 is 0 Å². The zero-order valence-electron chi connectivity index (χ0n) is 10.4. The van der Waals surface area contributed by atoms with E-state index in [0.717, 1.165) is 18.0 Å². The summed E-state index contributed by atoms with van der Waals surface area (Å²) in [6.45, 7) is 2.07. The highest BCUT2D eigenvalue weighted by atomic mass is 32.1. The number of hydrogen-bond acceptors (Lipinski definition) is 5. The number of carbonyl (C=O) groups excluding carboxylic acids is 1. The van der Waals surface area contributed by atoms with Gasteiger partial charge in [-0.3, -0.25) is 4.79 Å². The van der Waals surface area contributed by atoms with Gasteiger partial charge in [0.1, 0.15) is 10.7 Å². The van der Waals surface area contributed by atoms with E-state index >= 15 is 0 Å². The number of nitrogens with one attached hydrogen (secondary N) is 1. The van der Waals surface area contributed by atoms with Gasteiger partial charge in [0.25, 0.3) is 5.91 Å². The van der Waals surface area contributed by atoms with Crippen LogP contribution in [0.15, 0.2) is 0 Å². The molecule has 0 aliphatic heterocycles. The maximum Gasteiger partial charge on any atom is 0.265 e. The van der Waals surface area contributed by atoms with E-state index in [1.54, 1.807) is 0 Å². The molecule has 0 radical (unpaired) electrons. The minimum atomic E-state index is -0.102. The molecule has 2 rings (SSSR count). The van der Waals surface area contributed by atoms with Crippen molar-refractivity contribution < 1.29 is 4.79 Å². The van der Waals surface area contributed by atoms with E-state index in [9.17, 15) is 4.79 Å². The van der Waals surface area contributed by atoms with E-state index in [1.807, 2.05) is 19.0 Å². The van der Waals surface area contributed by atoms with Gasteiger partial charge >= 0.3 is 0 Å². The number of thiazole rings is 1. The number of carbonyl (C=O) groups is 1. The monoisotopic (exact) mass is 254 g/mol. The predicted octanol–water partition coefficient (Wildman–Crippen LogP) is 1.46. The van der Waals surface area contributed by atoms with E-state index in [1.165, 1.54) is 17.8 Å². The lowest BCUT2D eigenvalue weighted by molar-refractivity contribution is 0.0855. The standard InChI is InChI=1S/C11H18N4OS/c1-11(5-4-6-11)14-9(16)7-8(12)13-10(17-7)15(2)3/h4-6,12H2,1-3H3,(H,14,16). The summed E-state index contributed by atoms with van der Waals surface area (Å²) < 4.78 is 0. The lowest BCUT2D eigenvalue weighted by Gasteiger charge is -2.38. The van der Waals surface area contributed by atoms with Crippen molar-refractivity contribution in [1.29, 1.82) is 0 Å². The highest BCUT2D eigenvalue weighted by Crippen LogP contribution is 2.33. The van der Waals surface area contributed by atoms with Gasteiger partial charge < -0.3 is 16.0 Å². The van der Waals surface area contributed by atoms with Gasteiger partial charge in [0.2, 0.25) is 0 Å². The fourth-order valence-corrected chi connectivity index (χ4v) is 2.64. The van der Waals surface area contributed by atoms with Crippen LogP contribution in [0.25, 0.3) is 0 Å². The molecule has 0 saturated heterocycles. The summed E-state index contributed by atoms with van der Waals surface area (Å²) in [6, 6.07) is 0. The largest absolute Gasteiger partial charge is 0.382 e. The van der Waals surface area contributed by atoms with Crippen molar-refractivity contribution in [2.75, 3.05) is 24.7 Å². The van der Waals surface area contributed by atoms with Crippen molar-refractivity contribution in [2.45, 2.75) is 31.7 Å². The molecule has 1 amide bonds. The zero-order chi connectivity index (χ0) is 12.6. The first-order valence-corrected chi connectivity index (χ1v) is 6.49. The smallest absolute Gasteiger partial charge is 0.265 e. The number of amides is 1. The average Bonchev–Trinajstić information content (AvgIpc) is 2.58. The van der Waals surface area contributed by atoms with Gasteiger partial charge in [0.15, 0.2) is 5.13 Å². The van der Waals surface area contributed by atoms with E-state index in [0.29, 0.717) is 10.7 Å². The molecule has 0 bridgehead atoms. The van der Waals surface area contributed by atoms with Crippen molar-refractivity contribution in [2.24, 2.45) is 0 Å². The fourth-order valence-electron chi connectivity index (χ4n) is 1.84. The SMILES string of the molecule is CN(C)c1nc(N)c(C(=O)NC2(C)CCC2)s1. The molecule has 3 N–H and O–H groups in total. The van der Waals surface area contributed by atoms with Crippen molar-refractivity contribution in [3.05, 3.63) is 4.88 Å². The molecular weight excluding hydrogens is 236 g/mol. The number of rotatable bonds is 3. The predicted molar refractivity (Wildman–Crippen MR) is 70.6 cm³/mol. The van der Waals surface area contributed by atoms with Gasteiger partial charge in [-0.2, -0.15) is 0 Å². The first-order chi connectivity index (χ1) is 7.91. The summed E-state index contributed by atoms with van der Waals surface area (Å²) in [7, 11) is 3.76. The third-order valence-electron chi connectivity index (χ3n) is 3.10. The van der Waals surface area contributed by atoms with Crippen LogP contribution in [-0.4, -0.2) is 30.5 Å². The van der Waals surface area contributed by atoms with Crippen LogP contribution in [0.4, 0.5) is 10.9 Å². The quantitative estimate of drug-likeness (QED) is 0.856. The molecule has 6 heteroatoms. The molecule has 1 fully saturated rings. The van der Waals surface area contributed by atoms with Gasteiger partial charge in [-0.25, -0.2) is 4.98 Å². The number of nitrogens with two attached hydrogens (primary N) is 1. The summed E-state index contributed by atoms with van der Waals surface area (Å²) in [5.41, 5.74) is 5.72. The lowest BCUT2D eigenvalue weighted by Crippen LogP contribution is -2.50. The molecule has 1 aliphatic carbocycles. The van der Waals surface area contributed by atoms with Crippen molar-refractivity contribution in [3.8, 4) is 0 Å². The molecule has 1 aliphatic rings. The summed E-state index contributed by atoms with van der Waals surface area (Å²) in [5, 5.41) is 3.79. The summed E-state index contributed by atoms with van der Waals surface area (Å²) in [4.78, 5) is 18.6. The Bertz CT molecular complexity index is 437. The van der Waals surface area contributed by atoms with Crippen LogP contribution >= 0.6 is 11.3 Å². The second kappa shape index (κ2) is 4.18. The molecule has 1 saturated carbocycles. The van der Waals surface area contributed by atoms with Crippen LogP contribution in [-0.2, 0) is 0 Å². The Morgan fingerprint density at radius 2 is 2.18 bits per heavy atom.